The second kappa shape index (κ2) is 11.4. The number of carboxylic acid groups (broad SMARTS) is 1. The summed E-state index contributed by atoms with van der Waals surface area (Å²) in [6.45, 7) is 2.47. The summed E-state index contributed by atoms with van der Waals surface area (Å²) in [5, 5.41) is 13.0. The molecule has 196 valence electrons. The number of imidazole rings is 1. The summed E-state index contributed by atoms with van der Waals surface area (Å²) >= 11 is 5.98. The third-order valence-electron chi connectivity index (χ3n) is 6.36. The van der Waals surface area contributed by atoms with Crippen LogP contribution in [0.5, 0.6) is 5.75 Å². The van der Waals surface area contributed by atoms with Crippen molar-refractivity contribution < 1.29 is 19.4 Å². The number of carboxylic acids is 1. The van der Waals surface area contributed by atoms with Crippen molar-refractivity contribution in [3.63, 3.8) is 0 Å². The number of nitrogens with one attached hydrogen (secondary N) is 1. The highest BCUT2D eigenvalue weighted by molar-refractivity contribution is 6.30. The molecule has 39 heavy (non-hydrogen) atoms. The molecular weight excluding hydrogens is 514 g/mol. The predicted molar refractivity (Wildman–Crippen MR) is 150 cm³/mol. The Balaban J connectivity index is 1.23. The zero-order valence-corrected chi connectivity index (χ0v) is 21.9. The Bertz CT molecular complexity index is 1610. The number of fused-ring (bicyclic) bond motifs is 1. The fourth-order valence-electron chi connectivity index (χ4n) is 4.15. The van der Waals surface area contributed by atoms with Crippen LogP contribution in [-0.2, 0) is 17.8 Å². The van der Waals surface area contributed by atoms with Gasteiger partial charge in [0, 0.05) is 23.8 Å². The molecule has 0 radical (unpaired) electrons. The molecule has 5 rings (SSSR count). The molecule has 0 saturated heterocycles. The molecule has 5 aromatic rings. The molecule has 8 heteroatoms. The predicted octanol–water partition coefficient (Wildman–Crippen LogP) is 5.97. The summed E-state index contributed by atoms with van der Waals surface area (Å²) in [6, 6.07) is 25.4. The van der Waals surface area contributed by atoms with Gasteiger partial charge in [-0.15, -0.1) is 0 Å². The number of carbonyl (C=O) groups is 2. The van der Waals surface area contributed by atoms with E-state index in [2.05, 4.69) is 10.3 Å². The number of pyridine rings is 1. The minimum atomic E-state index is -1.13. The number of hydrogen-bond donors (Lipinski definition) is 2. The highest BCUT2D eigenvalue weighted by Gasteiger charge is 2.23. The van der Waals surface area contributed by atoms with Crippen LogP contribution in [0.1, 0.15) is 27.2 Å². The van der Waals surface area contributed by atoms with Crippen molar-refractivity contribution >= 4 is 29.1 Å². The summed E-state index contributed by atoms with van der Waals surface area (Å²) in [5.74, 6) is -1.01. The third-order valence-corrected chi connectivity index (χ3v) is 6.62. The highest BCUT2D eigenvalue weighted by Crippen LogP contribution is 2.23. The first-order valence-electron chi connectivity index (χ1n) is 12.4. The summed E-state index contributed by atoms with van der Waals surface area (Å²) < 4.78 is 7.55. The molecular formula is C31H26ClN3O4. The average molecular weight is 540 g/mol. The minimum absolute atomic E-state index is 0.118. The van der Waals surface area contributed by atoms with Gasteiger partial charge in [-0.1, -0.05) is 65.7 Å². The van der Waals surface area contributed by atoms with Crippen molar-refractivity contribution in [3.8, 4) is 16.9 Å². The first-order valence-corrected chi connectivity index (χ1v) is 12.8. The number of amides is 1. The number of aromatic nitrogens is 2. The Morgan fingerprint density at radius 3 is 2.33 bits per heavy atom. The molecule has 0 spiro atoms. The van der Waals surface area contributed by atoms with Crippen LogP contribution in [0.4, 0.5) is 0 Å². The van der Waals surface area contributed by atoms with Crippen LogP contribution in [0.2, 0.25) is 5.02 Å². The topological polar surface area (TPSA) is 92.9 Å². The Hall–Kier alpha value is -4.62. The van der Waals surface area contributed by atoms with Gasteiger partial charge in [0.1, 0.15) is 29.7 Å². The number of ether oxygens (including phenoxy) is 1. The van der Waals surface area contributed by atoms with Gasteiger partial charge in [-0.3, -0.25) is 4.79 Å². The van der Waals surface area contributed by atoms with E-state index in [1.165, 1.54) is 5.56 Å². The molecule has 3 aromatic carbocycles. The van der Waals surface area contributed by atoms with Crippen LogP contribution in [-0.4, -0.2) is 32.4 Å². The molecule has 7 nitrogen and oxygen atoms in total. The Kier molecular flexibility index (Phi) is 7.61. The zero-order valence-electron chi connectivity index (χ0n) is 21.2. The van der Waals surface area contributed by atoms with E-state index < -0.39 is 17.9 Å². The Labute approximate surface area is 230 Å². The number of carbonyl (C=O) groups excluding carboxylic acids is 1. The maximum atomic E-state index is 12.9. The van der Waals surface area contributed by atoms with Gasteiger partial charge in [-0.2, -0.15) is 0 Å². The number of aliphatic carboxylic acids is 1. The number of nitrogens with zero attached hydrogens (tertiary/aromatic N) is 2. The summed E-state index contributed by atoms with van der Waals surface area (Å²) in [4.78, 5) is 29.3. The number of hydrogen-bond acceptors (Lipinski definition) is 4. The van der Waals surface area contributed by atoms with Crippen LogP contribution < -0.4 is 10.1 Å². The SMILES string of the molecule is Cc1ccc(COc2ccc(CC(NC(=O)c3cn4ccc(-c5ccc(Cl)cc5)cc4n3)C(=O)O)cc2)cc1. The van der Waals surface area contributed by atoms with Crippen molar-refractivity contribution in [3.05, 3.63) is 125 Å². The maximum Gasteiger partial charge on any atom is 0.326 e. The van der Waals surface area contributed by atoms with E-state index in [9.17, 15) is 14.7 Å². The molecule has 2 N–H and O–H groups in total. The van der Waals surface area contributed by atoms with Gasteiger partial charge in [-0.05, 0) is 65.6 Å². The van der Waals surface area contributed by atoms with Crippen molar-refractivity contribution in [2.24, 2.45) is 0 Å². The molecule has 0 aliphatic heterocycles. The van der Waals surface area contributed by atoms with E-state index in [0.29, 0.717) is 23.0 Å². The molecule has 0 saturated carbocycles. The number of benzene rings is 3. The van der Waals surface area contributed by atoms with Crippen LogP contribution in [0, 0.1) is 6.92 Å². The smallest absolute Gasteiger partial charge is 0.326 e. The summed E-state index contributed by atoms with van der Waals surface area (Å²) in [5.41, 5.74) is 5.60. The Morgan fingerprint density at radius 2 is 1.64 bits per heavy atom. The van der Waals surface area contributed by atoms with Crippen molar-refractivity contribution in [1.82, 2.24) is 14.7 Å². The van der Waals surface area contributed by atoms with E-state index in [4.69, 9.17) is 16.3 Å². The molecule has 1 amide bonds. The lowest BCUT2D eigenvalue weighted by Gasteiger charge is -2.14. The lowest BCUT2D eigenvalue weighted by atomic mass is 10.1. The lowest BCUT2D eigenvalue weighted by molar-refractivity contribution is -0.139. The van der Waals surface area contributed by atoms with Gasteiger partial charge in [0.05, 0.1) is 0 Å². The van der Waals surface area contributed by atoms with E-state index in [1.807, 2.05) is 67.6 Å². The van der Waals surface area contributed by atoms with Crippen molar-refractivity contribution in [2.75, 3.05) is 0 Å². The molecule has 2 heterocycles. The van der Waals surface area contributed by atoms with E-state index in [1.54, 1.807) is 41.1 Å². The number of aryl methyl sites for hydroxylation is 1. The molecule has 0 aliphatic rings. The normalized spacial score (nSPS) is 11.7. The molecule has 0 fully saturated rings. The maximum absolute atomic E-state index is 12.9. The van der Waals surface area contributed by atoms with Crippen molar-refractivity contribution in [1.29, 1.82) is 0 Å². The van der Waals surface area contributed by atoms with Gasteiger partial charge in [-0.25, -0.2) is 9.78 Å². The third kappa shape index (κ3) is 6.45. The number of halogens is 1. The fraction of sp³-hybridized carbons (Fsp3) is 0.129. The molecule has 1 atom stereocenters. The molecule has 0 aliphatic carbocycles. The zero-order chi connectivity index (χ0) is 27.4. The van der Waals surface area contributed by atoms with E-state index >= 15 is 0 Å². The fourth-order valence-corrected chi connectivity index (χ4v) is 4.28. The van der Waals surface area contributed by atoms with Crippen molar-refractivity contribution in [2.45, 2.75) is 26.0 Å². The average Bonchev–Trinajstić information content (AvgIpc) is 3.37. The van der Waals surface area contributed by atoms with Gasteiger partial charge in [0.2, 0.25) is 0 Å². The van der Waals surface area contributed by atoms with Gasteiger partial charge < -0.3 is 19.6 Å². The van der Waals surface area contributed by atoms with Crippen LogP contribution in [0.3, 0.4) is 0 Å². The molecule has 1 unspecified atom stereocenters. The monoisotopic (exact) mass is 539 g/mol. The van der Waals surface area contributed by atoms with E-state index in [0.717, 1.165) is 22.3 Å². The second-order valence-corrected chi connectivity index (χ2v) is 9.74. The molecule has 0 bridgehead atoms. The number of rotatable bonds is 9. The van der Waals surface area contributed by atoms with Crippen LogP contribution in [0.15, 0.2) is 97.3 Å². The Morgan fingerprint density at radius 1 is 0.949 bits per heavy atom. The van der Waals surface area contributed by atoms with Crippen LogP contribution >= 0.6 is 11.6 Å². The first kappa shape index (κ1) is 26.0. The lowest BCUT2D eigenvalue weighted by Crippen LogP contribution is -2.42. The highest BCUT2D eigenvalue weighted by atomic mass is 35.5. The van der Waals surface area contributed by atoms with Crippen LogP contribution in [0.25, 0.3) is 16.8 Å². The summed E-state index contributed by atoms with van der Waals surface area (Å²) in [7, 11) is 0. The minimum Gasteiger partial charge on any atom is -0.489 e. The molecule has 2 aromatic heterocycles. The first-order chi connectivity index (χ1) is 18.8. The quantitative estimate of drug-likeness (QED) is 0.241. The van der Waals surface area contributed by atoms with Gasteiger partial charge in [0.25, 0.3) is 5.91 Å². The standard InChI is InChI=1S/C31H26ClN3O4/c1-20-2-4-22(5-3-20)19-39-26-12-6-21(7-13-26)16-27(31(37)38)34-30(36)28-18-35-15-14-24(17-29(35)33-28)23-8-10-25(32)11-9-23/h2-15,17-18,27H,16,19H2,1H3,(H,34,36)(H,37,38). The van der Waals surface area contributed by atoms with Gasteiger partial charge >= 0.3 is 5.97 Å². The van der Waals surface area contributed by atoms with E-state index in [-0.39, 0.29) is 12.1 Å². The largest absolute Gasteiger partial charge is 0.489 e. The second-order valence-electron chi connectivity index (χ2n) is 9.30. The van der Waals surface area contributed by atoms with Gasteiger partial charge in [0.15, 0.2) is 0 Å². The summed E-state index contributed by atoms with van der Waals surface area (Å²) in [6.07, 6.45) is 3.50.